The van der Waals surface area contributed by atoms with Crippen molar-refractivity contribution < 1.29 is 9.90 Å². The predicted octanol–water partition coefficient (Wildman–Crippen LogP) is 6.80. The van der Waals surface area contributed by atoms with E-state index < -0.39 is 5.97 Å². The van der Waals surface area contributed by atoms with Crippen molar-refractivity contribution in [3.05, 3.63) is 18.2 Å². The van der Waals surface area contributed by atoms with Gasteiger partial charge in [0.1, 0.15) is 0 Å². The molecular weight excluding hydrogens is 360 g/mol. The van der Waals surface area contributed by atoms with E-state index in [0.29, 0.717) is 6.42 Å². The van der Waals surface area contributed by atoms with Crippen LogP contribution in [0.25, 0.3) is 0 Å². The monoisotopic (exact) mass is 400 g/mol. The SMILES string of the molecule is CCCCCCCCCCCc1cncn1CCCCCCCC(=O)O.Cl. The number of imidazole rings is 1. The number of aliphatic carboxylic acids is 1. The first-order valence-electron chi connectivity index (χ1n) is 10.9. The molecule has 0 aliphatic carbocycles. The molecule has 158 valence electrons. The molecule has 1 aromatic heterocycles. The molecule has 0 aliphatic heterocycles. The number of halogens is 1. The second-order valence-electron chi connectivity index (χ2n) is 7.57. The van der Waals surface area contributed by atoms with Crippen molar-refractivity contribution in [1.82, 2.24) is 9.55 Å². The summed E-state index contributed by atoms with van der Waals surface area (Å²) in [6.45, 7) is 3.32. The van der Waals surface area contributed by atoms with E-state index in [0.717, 1.165) is 38.6 Å². The minimum absolute atomic E-state index is 0. The topological polar surface area (TPSA) is 55.1 Å². The standard InChI is InChI=1S/C22H40N2O2.ClH/c1-2-3-4-5-6-7-8-10-13-16-21-19-23-20-24(21)18-15-12-9-11-14-17-22(25)26;/h19-20H,2-18H2,1H3,(H,25,26);1H. The first-order chi connectivity index (χ1) is 12.7. The Morgan fingerprint density at radius 2 is 1.44 bits per heavy atom. The number of nitrogens with zero attached hydrogens (tertiary/aromatic N) is 2. The summed E-state index contributed by atoms with van der Waals surface area (Å²) in [5.41, 5.74) is 1.37. The van der Waals surface area contributed by atoms with Crippen LogP contribution in [0.15, 0.2) is 12.5 Å². The molecule has 27 heavy (non-hydrogen) atoms. The minimum Gasteiger partial charge on any atom is -0.481 e. The quantitative estimate of drug-likeness (QED) is 0.275. The molecule has 1 rings (SSSR count). The van der Waals surface area contributed by atoms with Crippen LogP contribution >= 0.6 is 12.4 Å². The van der Waals surface area contributed by atoms with Crippen molar-refractivity contribution in [2.45, 2.75) is 116 Å². The molecule has 5 heteroatoms. The number of aromatic nitrogens is 2. The van der Waals surface area contributed by atoms with E-state index in [9.17, 15) is 4.79 Å². The zero-order chi connectivity index (χ0) is 18.9. The van der Waals surface area contributed by atoms with E-state index in [4.69, 9.17) is 5.11 Å². The van der Waals surface area contributed by atoms with Crippen molar-refractivity contribution in [1.29, 1.82) is 0 Å². The third kappa shape index (κ3) is 14.7. The van der Waals surface area contributed by atoms with Crippen LogP contribution in [-0.2, 0) is 17.8 Å². The van der Waals surface area contributed by atoms with Gasteiger partial charge >= 0.3 is 5.97 Å². The molecular formula is C22H41ClN2O2. The second-order valence-corrected chi connectivity index (χ2v) is 7.57. The van der Waals surface area contributed by atoms with Gasteiger partial charge in [0, 0.05) is 24.9 Å². The number of hydrogen-bond donors (Lipinski definition) is 1. The number of hydrogen-bond acceptors (Lipinski definition) is 2. The largest absolute Gasteiger partial charge is 0.481 e. The van der Waals surface area contributed by atoms with Gasteiger partial charge in [-0.3, -0.25) is 4.79 Å². The molecule has 0 radical (unpaired) electrons. The maximum Gasteiger partial charge on any atom is 0.303 e. The number of carbonyl (C=O) groups is 1. The highest BCUT2D eigenvalue weighted by Gasteiger charge is 2.02. The fourth-order valence-electron chi connectivity index (χ4n) is 3.46. The fraction of sp³-hybridized carbons (Fsp3) is 0.818. The molecule has 1 heterocycles. The van der Waals surface area contributed by atoms with Crippen molar-refractivity contribution >= 4 is 18.4 Å². The smallest absolute Gasteiger partial charge is 0.303 e. The van der Waals surface area contributed by atoms with E-state index in [2.05, 4.69) is 16.5 Å². The highest BCUT2D eigenvalue weighted by Crippen LogP contribution is 2.13. The van der Waals surface area contributed by atoms with Gasteiger partial charge in [-0.25, -0.2) is 4.98 Å². The molecule has 4 nitrogen and oxygen atoms in total. The average Bonchev–Trinajstić information content (AvgIpc) is 3.06. The molecule has 0 aliphatic rings. The zero-order valence-electron chi connectivity index (χ0n) is 17.3. The van der Waals surface area contributed by atoms with Crippen molar-refractivity contribution in [3.8, 4) is 0 Å². The van der Waals surface area contributed by atoms with E-state index in [-0.39, 0.29) is 12.4 Å². The van der Waals surface area contributed by atoms with Gasteiger partial charge < -0.3 is 9.67 Å². The molecule has 0 fully saturated rings. The Hall–Kier alpha value is -1.03. The molecule has 0 aromatic carbocycles. The molecule has 0 bridgehead atoms. The summed E-state index contributed by atoms with van der Waals surface area (Å²) in [7, 11) is 0. The van der Waals surface area contributed by atoms with Crippen LogP contribution in [0.5, 0.6) is 0 Å². The van der Waals surface area contributed by atoms with Crippen LogP contribution < -0.4 is 0 Å². The molecule has 0 unspecified atom stereocenters. The number of rotatable bonds is 18. The summed E-state index contributed by atoms with van der Waals surface area (Å²) in [5, 5.41) is 8.62. The van der Waals surface area contributed by atoms with Gasteiger partial charge in [-0.05, 0) is 25.7 Å². The van der Waals surface area contributed by atoms with Crippen LogP contribution in [-0.4, -0.2) is 20.6 Å². The van der Waals surface area contributed by atoms with Gasteiger partial charge in [0.05, 0.1) is 6.33 Å². The van der Waals surface area contributed by atoms with E-state index >= 15 is 0 Å². The van der Waals surface area contributed by atoms with Crippen LogP contribution in [0.4, 0.5) is 0 Å². The third-order valence-corrected chi connectivity index (χ3v) is 5.12. The summed E-state index contributed by atoms with van der Waals surface area (Å²) in [4.78, 5) is 14.8. The Labute approximate surface area is 172 Å². The van der Waals surface area contributed by atoms with E-state index in [1.165, 1.54) is 69.9 Å². The third-order valence-electron chi connectivity index (χ3n) is 5.12. The Morgan fingerprint density at radius 1 is 0.889 bits per heavy atom. The van der Waals surface area contributed by atoms with E-state index in [1.54, 1.807) is 0 Å². The lowest BCUT2D eigenvalue weighted by atomic mass is 10.1. The molecule has 1 aromatic rings. The maximum absolute atomic E-state index is 10.5. The number of aryl methyl sites for hydroxylation is 2. The van der Waals surface area contributed by atoms with Crippen LogP contribution in [0.3, 0.4) is 0 Å². The van der Waals surface area contributed by atoms with E-state index in [1.807, 2.05) is 12.5 Å². The lowest BCUT2D eigenvalue weighted by molar-refractivity contribution is -0.137. The zero-order valence-corrected chi connectivity index (χ0v) is 18.2. The van der Waals surface area contributed by atoms with Gasteiger partial charge in [-0.1, -0.05) is 77.6 Å². The number of carboxylic acid groups (broad SMARTS) is 1. The highest BCUT2D eigenvalue weighted by atomic mass is 35.5. The average molecular weight is 401 g/mol. The predicted molar refractivity (Wildman–Crippen MR) is 116 cm³/mol. The maximum atomic E-state index is 10.5. The summed E-state index contributed by atoms with van der Waals surface area (Å²) < 4.78 is 2.31. The van der Waals surface area contributed by atoms with Crippen molar-refractivity contribution in [3.63, 3.8) is 0 Å². The summed E-state index contributed by atoms with van der Waals surface area (Å²) >= 11 is 0. The molecule has 1 N–H and O–H groups in total. The van der Waals surface area contributed by atoms with Crippen LogP contribution in [0.2, 0.25) is 0 Å². The lowest BCUT2D eigenvalue weighted by Gasteiger charge is -2.08. The summed E-state index contributed by atoms with van der Waals surface area (Å²) in [5.74, 6) is -0.676. The summed E-state index contributed by atoms with van der Waals surface area (Å²) in [6.07, 6.45) is 23.1. The van der Waals surface area contributed by atoms with Gasteiger partial charge in [0.15, 0.2) is 0 Å². The molecule has 0 amide bonds. The normalized spacial score (nSPS) is 10.7. The molecule has 0 spiro atoms. The Kier molecular flexibility index (Phi) is 17.6. The van der Waals surface area contributed by atoms with Gasteiger partial charge in [-0.15, -0.1) is 12.4 Å². The first kappa shape index (κ1) is 26.0. The summed E-state index contributed by atoms with van der Waals surface area (Å²) in [6, 6.07) is 0. The van der Waals surface area contributed by atoms with Crippen molar-refractivity contribution in [2.75, 3.05) is 0 Å². The molecule has 0 saturated carbocycles. The Morgan fingerprint density at radius 3 is 2.07 bits per heavy atom. The molecule has 0 saturated heterocycles. The van der Waals surface area contributed by atoms with Crippen LogP contribution in [0, 0.1) is 0 Å². The molecule has 0 atom stereocenters. The lowest BCUT2D eigenvalue weighted by Crippen LogP contribution is -2.02. The second kappa shape index (κ2) is 18.3. The van der Waals surface area contributed by atoms with Gasteiger partial charge in [0.25, 0.3) is 0 Å². The first-order valence-corrected chi connectivity index (χ1v) is 10.9. The Balaban J connectivity index is 0.00000676. The highest BCUT2D eigenvalue weighted by molar-refractivity contribution is 5.85. The fourth-order valence-corrected chi connectivity index (χ4v) is 3.46. The van der Waals surface area contributed by atoms with Crippen LogP contribution in [0.1, 0.15) is 109 Å². The van der Waals surface area contributed by atoms with Gasteiger partial charge in [0.2, 0.25) is 0 Å². The number of carboxylic acids is 1. The van der Waals surface area contributed by atoms with Crippen molar-refractivity contribution in [2.24, 2.45) is 0 Å². The number of unbranched alkanes of at least 4 members (excludes halogenated alkanes) is 12. The Bertz CT molecular complexity index is 463. The van der Waals surface area contributed by atoms with Gasteiger partial charge in [-0.2, -0.15) is 0 Å². The minimum atomic E-state index is -0.676.